The number of hydrogen-bond acceptors (Lipinski definition) is 3. The lowest BCUT2D eigenvalue weighted by molar-refractivity contribution is 0.125. The van der Waals surface area contributed by atoms with E-state index in [9.17, 15) is 4.21 Å². The van der Waals surface area contributed by atoms with E-state index in [0.29, 0.717) is 11.8 Å². The summed E-state index contributed by atoms with van der Waals surface area (Å²) in [5.41, 5.74) is 11.8. The van der Waals surface area contributed by atoms with Crippen LogP contribution in [-0.4, -0.2) is 26.8 Å². The fourth-order valence-corrected chi connectivity index (χ4v) is 3.68. The summed E-state index contributed by atoms with van der Waals surface area (Å²) in [6, 6.07) is 0.425. The van der Waals surface area contributed by atoms with E-state index in [0.717, 1.165) is 19.3 Å². The molecule has 0 amide bonds. The Morgan fingerprint density at radius 1 is 1.22 bits per heavy atom. The minimum absolute atomic E-state index is 0.0561. The molecule has 6 nitrogen and oxygen atoms in total. The molecule has 0 heterocycles. The van der Waals surface area contributed by atoms with Crippen molar-refractivity contribution in [3.63, 3.8) is 0 Å². The molecule has 2 aliphatic rings. The zero-order chi connectivity index (χ0) is 13.1. The average Bonchev–Trinajstić information content (AvgIpc) is 2.32. The van der Waals surface area contributed by atoms with Gasteiger partial charge in [0, 0.05) is 6.04 Å². The van der Waals surface area contributed by atoms with Gasteiger partial charge >= 0.3 is 0 Å². The van der Waals surface area contributed by atoms with Crippen LogP contribution in [-0.2, 0) is 11.3 Å². The fourth-order valence-electron chi connectivity index (χ4n) is 3.44. The van der Waals surface area contributed by atoms with E-state index in [2.05, 4.69) is 9.71 Å². The van der Waals surface area contributed by atoms with Crippen molar-refractivity contribution >= 4 is 17.2 Å². The van der Waals surface area contributed by atoms with Crippen molar-refractivity contribution in [1.29, 1.82) is 0 Å². The summed E-state index contributed by atoms with van der Waals surface area (Å²) >= 11 is -2.15. The van der Waals surface area contributed by atoms with E-state index in [1.54, 1.807) is 0 Å². The number of nitrogens with zero attached hydrogens (tertiary/aromatic N) is 1. The van der Waals surface area contributed by atoms with Crippen LogP contribution in [0.4, 0.5) is 0 Å². The molecule has 0 radical (unpaired) electrons. The Morgan fingerprint density at radius 3 is 2.56 bits per heavy atom. The Bertz CT molecular complexity index is 350. The predicted octanol–water partition coefficient (Wildman–Crippen LogP) is 0.324. The van der Waals surface area contributed by atoms with Gasteiger partial charge in [0.2, 0.25) is 5.96 Å². The quantitative estimate of drug-likeness (QED) is 0.330. The summed E-state index contributed by atoms with van der Waals surface area (Å²) in [5.74, 6) is 1.07. The Labute approximate surface area is 110 Å². The highest BCUT2D eigenvalue weighted by molar-refractivity contribution is 7.77. The average molecular weight is 274 g/mol. The first-order chi connectivity index (χ1) is 8.58. The van der Waals surface area contributed by atoms with Gasteiger partial charge in [-0.1, -0.05) is 12.8 Å². The van der Waals surface area contributed by atoms with Crippen molar-refractivity contribution in [2.45, 2.75) is 50.6 Å². The number of guanidine groups is 1. The molecule has 0 spiro atoms. The molecule has 2 fully saturated rings. The Balaban J connectivity index is 2.05. The van der Waals surface area contributed by atoms with Crippen LogP contribution in [0.2, 0.25) is 0 Å². The molecule has 0 bridgehead atoms. The Morgan fingerprint density at radius 2 is 1.89 bits per heavy atom. The summed E-state index contributed by atoms with van der Waals surface area (Å²) in [7, 11) is 0. The van der Waals surface area contributed by atoms with E-state index >= 15 is 0 Å². The number of aliphatic imine (C=N–C) groups is 1. The van der Waals surface area contributed by atoms with Crippen LogP contribution >= 0.6 is 0 Å². The van der Waals surface area contributed by atoms with Crippen LogP contribution in [0.15, 0.2) is 4.99 Å². The van der Waals surface area contributed by atoms with E-state index in [4.69, 9.17) is 16.0 Å². The van der Waals surface area contributed by atoms with Crippen LogP contribution in [0.3, 0.4) is 0 Å². The molecular weight excluding hydrogens is 252 g/mol. The molecule has 7 heteroatoms. The first kappa shape index (κ1) is 13.8. The third-order valence-electron chi connectivity index (χ3n) is 4.21. The molecule has 5 unspecified atom stereocenters. The second-order valence-electron chi connectivity index (χ2n) is 5.29. The highest BCUT2D eigenvalue weighted by Crippen LogP contribution is 2.41. The highest BCUT2D eigenvalue weighted by Gasteiger charge is 2.39. The number of nitrogens with two attached hydrogens (primary N) is 2. The standard InChI is InChI=1S/C11H22N4O2S/c12-9-5-6-10(14-11(13)15-18(16)17)8-4-2-1-3-7(8)9/h7-10H,1-6,12H2,(H,16,17)(H3,13,14,15). The van der Waals surface area contributed by atoms with Gasteiger partial charge in [0.25, 0.3) is 11.3 Å². The highest BCUT2D eigenvalue weighted by atomic mass is 32.2. The van der Waals surface area contributed by atoms with Crippen LogP contribution < -0.4 is 16.2 Å². The van der Waals surface area contributed by atoms with E-state index in [-0.39, 0.29) is 18.0 Å². The first-order valence-corrected chi connectivity index (χ1v) is 7.65. The Kier molecular flexibility index (Phi) is 4.58. The van der Waals surface area contributed by atoms with Crippen LogP contribution in [0.25, 0.3) is 0 Å². The summed E-state index contributed by atoms with van der Waals surface area (Å²) in [5, 5.41) is 0. The molecule has 0 aromatic carbocycles. The molecule has 0 aromatic heterocycles. The predicted molar refractivity (Wildman–Crippen MR) is 72.0 cm³/mol. The van der Waals surface area contributed by atoms with Crippen molar-refractivity contribution in [1.82, 2.24) is 4.72 Å². The summed E-state index contributed by atoms with van der Waals surface area (Å²) in [6.45, 7) is 0. The maximum atomic E-state index is 10.6. The fraction of sp³-hybridized carbons (Fsp3) is 0.909. The van der Waals surface area contributed by atoms with E-state index < -0.39 is 11.3 Å². The van der Waals surface area contributed by atoms with Crippen molar-refractivity contribution in [2.75, 3.05) is 0 Å². The van der Waals surface area contributed by atoms with Crippen molar-refractivity contribution in [3.05, 3.63) is 0 Å². The number of rotatable bonds is 2. The SMILES string of the molecule is NC(=NC1CCC(N)C2CCCCC12)NS(=O)O. The molecule has 18 heavy (non-hydrogen) atoms. The zero-order valence-corrected chi connectivity index (χ0v) is 11.2. The van der Waals surface area contributed by atoms with Crippen LogP contribution in [0.5, 0.6) is 0 Å². The van der Waals surface area contributed by atoms with Crippen LogP contribution in [0.1, 0.15) is 38.5 Å². The summed E-state index contributed by atoms with van der Waals surface area (Å²) < 4.78 is 21.5. The monoisotopic (exact) mass is 274 g/mol. The maximum absolute atomic E-state index is 10.6. The lowest BCUT2D eigenvalue weighted by atomic mass is 9.66. The molecule has 6 N–H and O–H groups in total. The first-order valence-electron chi connectivity index (χ1n) is 6.54. The molecule has 104 valence electrons. The van der Waals surface area contributed by atoms with Crippen molar-refractivity contribution in [3.8, 4) is 0 Å². The van der Waals surface area contributed by atoms with Gasteiger partial charge in [-0.2, -0.15) is 0 Å². The minimum Gasteiger partial charge on any atom is -0.369 e. The third kappa shape index (κ3) is 3.21. The molecule has 2 rings (SSSR count). The molecule has 0 aliphatic heterocycles. The summed E-state index contributed by atoms with van der Waals surface area (Å²) in [6.07, 6.45) is 6.67. The summed E-state index contributed by atoms with van der Waals surface area (Å²) in [4.78, 5) is 4.37. The lowest BCUT2D eigenvalue weighted by Gasteiger charge is -2.43. The number of hydrogen-bond donors (Lipinski definition) is 4. The van der Waals surface area contributed by atoms with Gasteiger partial charge in [0.1, 0.15) is 0 Å². The van der Waals surface area contributed by atoms with Gasteiger partial charge in [-0.25, -0.2) is 9.20 Å². The van der Waals surface area contributed by atoms with Gasteiger partial charge in [0.15, 0.2) is 0 Å². The molecule has 2 saturated carbocycles. The largest absolute Gasteiger partial charge is 0.369 e. The normalized spacial score (nSPS) is 38.9. The molecule has 0 aromatic rings. The van der Waals surface area contributed by atoms with Crippen molar-refractivity contribution < 1.29 is 8.76 Å². The molecule has 0 saturated heterocycles. The van der Waals surface area contributed by atoms with Crippen molar-refractivity contribution in [2.24, 2.45) is 28.3 Å². The number of fused-ring (bicyclic) bond motifs is 1. The van der Waals surface area contributed by atoms with E-state index in [1.165, 1.54) is 19.3 Å². The van der Waals surface area contributed by atoms with Gasteiger partial charge < -0.3 is 11.5 Å². The van der Waals surface area contributed by atoms with Gasteiger partial charge in [-0.3, -0.25) is 9.27 Å². The van der Waals surface area contributed by atoms with Gasteiger partial charge in [-0.05, 0) is 37.5 Å². The van der Waals surface area contributed by atoms with Crippen LogP contribution in [0, 0.1) is 11.8 Å². The second kappa shape index (κ2) is 5.99. The second-order valence-corrected chi connectivity index (χ2v) is 5.99. The van der Waals surface area contributed by atoms with Gasteiger partial charge in [0.05, 0.1) is 6.04 Å². The molecule has 5 atom stereocenters. The minimum atomic E-state index is -2.15. The smallest absolute Gasteiger partial charge is 0.261 e. The van der Waals surface area contributed by atoms with E-state index in [1.807, 2.05) is 0 Å². The third-order valence-corrected chi connectivity index (χ3v) is 4.60. The topological polar surface area (TPSA) is 114 Å². The number of nitrogens with one attached hydrogen (secondary N) is 1. The zero-order valence-electron chi connectivity index (χ0n) is 10.4. The molecular formula is C11H22N4O2S. The lowest BCUT2D eigenvalue weighted by Crippen LogP contribution is -2.47. The van der Waals surface area contributed by atoms with Gasteiger partial charge in [-0.15, -0.1) is 0 Å². The molecule has 2 aliphatic carbocycles. The maximum Gasteiger partial charge on any atom is 0.261 e. The Hall–Kier alpha value is -0.660.